The summed E-state index contributed by atoms with van der Waals surface area (Å²) in [5.41, 5.74) is 1.21. The van der Waals surface area contributed by atoms with E-state index in [4.69, 9.17) is 11.2 Å². The Bertz CT molecular complexity index is 315. The Morgan fingerprint density at radius 1 is 1.38 bits per heavy atom. The van der Waals surface area contributed by atoms with Crippen molar-refractivity contribution < 1.29 is 4.74 Å². The minimum atomic E-state index is 0.409. The van der Waals surface area contributed by atoms with Gasteiger partial charge in [-0.15, -0.1) is 6.42 Å². The van der Waals surface area contributed by atoms with Crippen molar-refractivity contribution in [1.29, 1.82) is 0 Å². The van der Waals surface area contributed by atoms with E-state index in [0.29, 0.717) is 19.2 Å². The molecule has 0 spiro atoms. The fourth-order valence-corrected chi connectivity index (χ4v) is 1.36. The molecule has 0 aliphatic rings. The molecule has 0 saturated heterocycles. The maximum atomic E-state index is 5.58. The molecule has 16 heavy (non-hydrogen) atoms. The molecule has 1 unspecified atom stereocenters. The van der Waals surface area contributed by atoms with Crippen LogP contribution in [0.3, 0.4) is 0 Å². The molecule has 0 aliphatic heterocycles. The first-order valence-electron chi connectivity index (χ1n) is 5.61. The molecule has 1 rings (SSSR count). The van der Waals surface area contributed by atoms with Crippen LogP contribution in [0.2, 0.25) is 0 Å². The maximum Gasteiger partial charge on any atom is 0.0716 e. The van der Waals surface area contributed by atoms with Crippen molar-refractivity contribution in [3.8, 4) is 12.3 Å². The minimum absolute atomic E-state index is 0.409. The highest BCUT2D eigenvalue weighted by Crippen LogP contribution is 2.01. The molecule has 1 aromatic carbocycles. The standard InChI is InChI=1S/C14H19NO/c1-3-10-15-13(2)9-11-16-12-14-7-5-4-6-8-14/h1,4-8,13,15H,9-12H2,2H3. The second-order valence-corrected chi connectivity index (χ2v) is 3.81. The lowest BCUT2D eigenvalue weighted by molar-refractivity contribution is 0.113. The molecular formula is C14H19NO. The molecule has 1 N–H and O–H groups in total. The predicted octanol–water partition coefficient (Wildman–Crippen LogP) is 2.20. The van der Waals surface area contributed by atoms with E-state index < -0.39 is 0 Å². The number of rotatable bonds is 7. The zero-order valence-electron chi connectivity index (χ0n) is 9.78. The zero-order chi connectivity index (χ0) is 11.6. The van der Waals surface area contributed by atoms with Crippen molar-refractivity contribution in [3.63, 3.8) is 0 Å². The van der Waals surface area contributed by atoms with E-state index in [0.717, 1.165) is 13.0 Å². The molecular weight excluding hydrogens is 198 g/mol. The Kier molecular flexibility index (Phi) is 6.32. The first kappa shape index (κ1) is 12.8. The lowest BCUT2D eigenvalue weighted by Crippen LogP contribution is -2.27. The fourth-order valence-electron chi connectivity index (χ4n) is 1.36. The summed E-state index contributed by atoms with van der Waals surface area (Å²) in [6.45, 7) is 4.18. The van der Waals surface area contributed by atoms with E-state index in [-0.39, 0.29) is 0 Å². The van der Waals surface area contributed by atoms with Crippen LogP contribution in [0, 0.1) is 12.3 Å². The number of ether oxygens (including phenoxy) is 1. The van der Waals surface area contributed by atoms with Crippen LogP contribution in [-0.2, 0) is 11.3 Å². The third-order valence-corrected chi connectivity index (χ3v) is 2.36. The van der Waals surface area contributed by atoms with Gasteiger partial charge in [-0.25, -0.2) is 0 Å². The Morgan fingerprint density at radius 2 is 2.12 bits per heavy atom. The van der Waals surface area contributed by atoms with Crippen LogP contribution in [0.4, 0.5) is 0 Å². The molecule has 0 aromatic heterocycles. The van der Waals surface area contributed by atoms with Crippen molar-refractivity contribution in [2.75, 3.05) is 13.2 Å². The van der Waals surface area contributed by atoms with E-state index >= 15 is 0 Å². The fraction of sp³-hybridized carbons (Fsp3) is 0.429. The van der Waals surface area contributed by atoms with Crippen LogP contribution in [-0.4, -0.2) is 19.2 Å². The zero-order valence-corrected chi connectivity index (χ0v) is 9.78. The van der Waals surface area contributed by atoms with Gasteiger partial charge in [-0.1, -0.05) is 36.3 Å². The monoisotopic (exact) mass is 217 g/mol. The van der Waals surface area contributed by atoms with Gasteiger partial charge in [0, 0.05) is 12.6 Å². The summed E-state index contributed by atoms with van der Waals surface area (Å²) >= 11 is 0. The summed E-state index contributed by atoms with van der Waals surface area (Å²) in [5.74, 6) is 2.56. The van der Waals surface area contributed by atoms with Crippen molar-refractivity contribution in [2.24, 2.45) is 0 Å². The second kappa shape index (κ2) is 7.92. The maximum absolute atomic E-state index is 5.58. The van der Waals surface area contributed by atoms with Gasteiger partial charge in [0.15, 0.2) is 0 Å². The van der Waals surface area contributed by atoms with Crippen LogP contribution in [0.25, 0.3) is 0 Å². The van der Waals surface area contributed by atoms with Crippen molar-refractivity contribution in [2.45, 2.75) is 26.0 Å². The summed E-state index contributed by atoms with van der Waals surface area (Å²) in [6.07, 6.45) is 6.14. The Balaban J connectivity index is 2.06. The summed E-state index contributed by atoms with van der Waals surface area (Å²) in [4.78, 5) is 0. The third kappa shape index (κ3) is 5.55. The average Bonchev–Trinajstić information content (AvgIpc) is 2.33. The minimum Gasteiger partial charge on any atom is -0.377 e. The van der Waals surface area contributed by atoms with Gasteiger partial charge in [0.25, 0.3) is 0 Å². The molecule has 0 amide bonds. The van der Waals surface area contributed by atoms with Crippen LogP contribution in [0.5, 0.6) is 0 Å². The molecule has 1 aromatic rings. The van der Waals surface area contributed by atoms with E-state index in [1.54, 1.807) is 0 Å². The highest BCUT2D eigenvalue weighted by molar-refractivity contribution is 5.13. The molecule has 0 saturated carbocycles. The summed E-state index contributed by atoms with van der Waals surface area (Å²) in [5, 5.41) is 3.21. The topological polar surface area (TPSA) is 21.3 Å². The molecule has 0 aliphatic carbocycles. The highest BCUT2D eigenvalue weighted by Gasteiger charge is 1.99. The van der Waals surface area contributed by atoms with E-state index in [1.165, 1.54) is 5.56 Å². The molecule has 0 fully saturated rings. The molecule has 2 heteroatoms. The lowest BCUT2D eigenvalue weighted by atomic mass is 10.2. The quantitative estimate of drug-likeness (QED) is 0.558. The summed E-state index contributed by atoms with van der Waals surface area (Å²) in [7, 11) is 0. The normalized spacial score (nSPS) is 12.0. The number of nitrogens with one attached hydrogen (secondary N) is 1. The molecule has 0 heterocycles. The van der Waals surface area contributed by atoms with Crippen molar-refractivity contribution >= 4 is 0 Å². The molecule has 0 radical (unpaired) electrons. The molecule has 86 valence electrons. The van der Waals surface area contributed by atoms with Crippen LogP contribution in [0.1, 0.15) is 18.9 Å². The van der Waals surface area contributed by atoms with Gasteiger partial charge >= 0.3 is 0 Å². The third-order valence-electron chi connectivity index (χ3n) is 2.36. The van der Waals surface area contributed by atoms with E-state index in [1.807, 2.05) is 18.2 Å². The number of hydrogen-bond acceptors (Lipinski definition) is 2. The summed E-state index contributed by atoms with van der Waals surface area (Å²) in [6, 6.07) is 10.6. The second-order valence-electron chi connectivity index (χ2n) is 3.81. The smallest absolute Gasteiger partial charge is 0.0716 e. The SMILES string of the molecule is C#CCNC(C)CCOCc1ccccc1. The van der Waals surface area contributed by atoms with Crippen LogP contribution < -0.4 is 5.32 Å². The van der Waals surface area contributed by atoms with Gasteiger partial charge in [0.2, 0.25) is 0 Å². The van der Waals surface area contributed by atoms with Crippen molar-refractivity contribution in [1.82, 2.24) is 5.32 Å². The van der Waals surface area contributed by atoms with Crippen molar-refractivity contribution in [3.05, 3.63) is 35.9 Å². The molecule has 1 atom stereocenters. The average molecular weight is 217 g/mol. The van der Waals surface area contributed by atoms with Crippen LogP contribution >= 0.6 is 0 Å². The number of terminal acetylenes is 1. The Morgan fingerprint density at radius 3 is 2.81 bits per heavy atom. The lowest BCUT2D eigenvalue weighted by Gasteiger charge is -2.11. The molecule has 2 nitrogen and oxygen atoms in total. The number of benzene rings is 1. The van der Waals surface area contributed by atoms with Gasteiger partial charge in [-0.2, -0.15) is 0 Å². The first-order valence-corrected chi connectivity index (χ1v) is 5.61. The van der Waals surface area contributed by atoms with Gasteiger partial charge in [-0.05, 0) is 18.9 Å². The first-order chi connectivity index (χ1) is 7.83. The van der Waals surface area contributed by atoms with Gasteiger partial charge in [-0.3, -0.25) is 0 Å². The van der Waals surface area contributed by atoms with Gasteiger partial charge in [0.1, 0.15) is 0 Å². The molecule has 0 bridgehead atoms. The van der Waals surface area contributed by atoms with E-state index in [9.17, 15) is 0 Å². The van der Waals surface area contributed by atoms with Gasteiger partial charge < -0.3 is 10.1 Å². The number of hydrogen-bond donors (Lipinski definition) is 1. The van der Waals surface area contributed by atoms with Crippen LogP contribution in [0.15, 0.2) is 30.3 Å². The van der Waals surface area contributed by atoms with Gasteiger partial charge in [0.05, 0.1) is 13.2 Å². The predicted molar refractivity (Wildman–Crippen MR) is 67.0 cm³/mol. The highest BCUT2D eigenvalue weighted by atomic mass is 16.5. The Hall–Kier alpha value is -1.30. The van der Waals surface area contributed by atoms with E-state index in [2.05, 4.69) is 30.3 Å². The Labute approximate surface area is 98.0 Å². The largest absolute Gasteiger partial charge is 0.377 e. The summed E-state index contributed by atoms with van der Waals surface area (Å²) < 4.78 is 5.58.